The zero-order valence-corrected chi connectivity index (χ0v) is 47.2. The Labute approximate surface area is 429 Å². The summed E-state index contributed by atoms with van der Waals surface area (Å²) in [6.45, 7) is 45.8. The maximum atomic E-state index is 7.80. The van der Waals surface area contributed by atoms with E-state index < -0.39 is 0 Å². The normalized spacial score (nSPS) is 20.9. The quantitative estimate of drug-likeness (QED) is 0.165. The van der Waals surface area contributed by atoms with E-state index in [-0.39, 0.29) is 44.6 Å². The van der Waals surface area contributed by atoms with Crippen molar-refractivity contribution >= 4 is 57.4 Å². The number of hydrogen-bond acceptors (Lipinski definition) is 3. The van der Waals surface area contributed by atoms with Crippen molar-refractivity contribution < 1.29 is 4.42 Å². The third kappa shape index (κ3) is 7.31. The Morgan fingerprint density at radius 1 is 0.549 bits per heavy atom. The highest BCUT2D eigenvalue weighted by Gasteiger charge is 2.53. The number of benzene rings is 5. The average molecular weight is 943 g/mol. The van der Waals surface area contributed by atoms with Gasteiger partial charge in [-0.25, -0.2) is 0 Å². The fraction of sp³-hybridized carbons (Fsp3) is 0.493. The highest BCUT2D eigenvalue weighted by atomic mass is 16.3. The predicted octanol–water partition coefficient (Wildman–Crippen LogP) is 17.1. The van der Waals surface area contributed by atoms with Crippen LogP contribution in [0.5, 0.6) is 0 Å². The number of aryl methyl sites for hydroxylation is 2. The lowest BCUT2D eigenvalue weighted by molar-refractivity contribution is 0.282. The summed E-state index contributed by atoms with van der Waals surface area (Å²) in [5, 5.41) is 0. The van der Waals surface area contributed by atoms with Gasteiger partial charge in [0.15, 0.2) is 0 Å². The summed E-state index contributed by atoms with van der Waals surface area (Å²) in [7, 11) is 0. The number of anilines is 6. The van der Waals surface area contributed by atoms with Crippen molar-refractivity contribution in [3.8, 4) is 11.1 Å². The topological polar surface area (TPSA) is 19.6 Å². The summed E-state index contributed by atoms with van der Waals surface area (Å²) >= 11 is 0. The molecule has 4 heteroatoms. The zero-order chi connectivity index (χ0) is 51.1. The molecule has 71 heavy (non-hydrogen) atoms. The minimum absolute atomic E-state index is 0.0387. The highest BCUT2D eigenvalue weighted by molar-refractivity contribution is 6.99. The van der Waals surface area contributed by atoms with Crippen molar-refractivity contribution in [3.63, 3.8) is 0 Å². The lowest BCUT2D eigenvalue weighted by Crippen LogP contribution is -2.61. The van der Waals surface area contributed by atoms with Gasteiger partial charge in [0.1, 0.15) is 5.76 Å². The zero-order valence-electron chi connectivity index (χ0n) is 47.2. The van der Waals surface area contributed by atoms with Gasteiger partial charge >= 0.3 is 0 Å². The summed E-state index contributed by atoms with van der Waals surface area (Å²) in [4.78, 5) is 5.40. The number of fused-ring (bicyclic) bond motifs is 8. The van der Waals surface area contributed by atoms with Crippen molar-refractivity contribution in [1.29, 1.82) is 0 Å². The molecule has 1 unspecified atom stereocenters. The molecule has 3 nitrogen and oxygen atoms in total. The van der Waals surface area contributed by atoms with Gasteiger partial charge in [-0.15, -0.1) is 0 Å². The second kappa shape index (κ2) is 15.3. The molecule has 11 rings (SSSR count). The summed E-state index contributed by atoms with van der Waals surface area (Å²) in [6, 6.07) is 32.5. The van der Waals surface area contributed by atoms with Crippen LogP contribution >= 0.6 is 0 Å². The molecule has 5 aliphatic rings. The van der Waals surface area contributed by atoms with E-state index in [9.17, 15) is 0 Å². The van der Waals surface area contributed by atoms with Gasteiger partial charge in [0, 0.05) is 39.3 Å². The molecule has 0 radical (unpaired) electrons. The van der Waals surface area contributed by atoms with Gasteiger partial charge < -0.3 is 14.2 Å². The van der Waals surface area contributed by atoms with Gasteiger partial charge in [-0.1, -0.05) is 160 Å². The van der Waals surface area contributed by atoms with Gasteiger partial charge in [0.2, 0.25) is 0 Å². The van der Waals surface area contributed by atoms with Crippen molar-refractivity contribution in [3.05, 3.63) is 135 Å². The summed E-state index contributed by atoms with van der Waals surface area (Å²) in [5.74, 6) is 1.64. The first-order chi connectivity index (χ1) is 32.9. The maximum Gasteiger partial charge on any atom is 0.297 e. The van der Waals surface area contributed by atoms with Crippen molar-refractivity contribution in [2.24, 2.45) is 0 Å². The molecular weight excluding hydrogens is 860 g/mol. The third-order valence-corrected chi connectivity index (χ3v) is 18.9. The molecule has 0 amide bonds. The Morgan fingerprint density at radius 2 is 1.14 bits per heavy atom. The maximum absolute atomic E-state index is 7.80. The number of rotatable bonds is 3. The molecule has 0 spiro atoms. The van der Waals surface area contributed by atoms with Crippen LogP contribution in [0.25, 0.3) is 11.1 Å². The third-order valence-electron chi connectivity index (χ3n) is 18.9. The molecule has 6 aromatic rings. The van der Waals surface area contributed by atoms with E-state index in [0.29, 0.717) is 5.92 Å². The molecule has 0 saturated carbocycles. The molecule has 3 heterocycles. The van der Waals surface area contributed by atoms with Crippen LogP contribution in [0.2, 0.25) is 0 Å². The van der Waals surface area contributed by atoms with Crippen LogP contribution in [0.3, 0.4) is 0 Å². The summed E-state index contributed by atoms with van der Waals surface area (Å²) < 4.78 is 7.80. The fourth-order valence-corrected chi connectivity index (χ4v) is 13.9. The van der Waals surface area contributed by atoms with Crippen LogP contribution in [0.4, 0.5) is 34.1 Å². The van der Waals surface area contributed by atoms with Gasteiger partial charge in [0.25, 0.3) is 6.71 Å². The predicted molar refractivity (Wildman–Crippen MR) is 306 cm³/mol. The number of hydrogen-bond donors (Lipinski definition) is 0. The van der Waals surface area contributed by atoms with Gasteiger partial charge in [-0.3, -0.25) is 0 Å². The van der Waals surface area contributed by atoms with Crippen molar-refractivity contribution in [1.82, 2.24) is 0 Å². The van der Waals surface area contributed by atoms with E-state index in [0.717, 1.165) is 18.5 Å². The Balaban J connectivity index is 1.28. The second-order valence-electron chi connectivity index (χ2n) is 28.7. The van der Waals surface area contributed by atoms with E-state index in [4.69, 9.17) is 4.42 Å². The van der Waals surface area contributed by atoms with Crippen molar-refractivity contribution in [2.45, 2.75) is 214 Å². The molecule has 1 aromatic heterocycles. The Hall–Kier alpha value is -4.96. The molecule has 0 fully saturated rings. The van der Waals surface area contributed by atoms with Crippen molar-refractivity contribution in [2.75, 3.05) is 9.80 Å². The van der Waals surface area contributed by atoms with Gasteiger partial charge in [-0.2, -0.15) is 0 Å². The van der Waals surface area contributed by atoms with E-state index in [1.54, 1.807) is 0 Å². The smallest absolute Gasteiger partial charge is 0.297 e. The Morgan fingerprint density at radius 3 is 1.79 bits per heavy atom. The molecular formula is C67H83BN2O. The first-order valence-electron chi connectivity index (χ1n) is 27.4. The SMILES string of the molecule is Cc1cc2c3c(c1)N(c1c(C)cc(C(C)(C)C)cc1-c1ccc4c(c1)C(C)(C)CCC4(C)C)c1cc4c(cc1B3c1oc3c(c1N2c1ccc(C(C)(C)C)cc1)C(C)(C)CCC3(C)C)C(C)CCC4(C)C. The van der Waals surface area contributed by atoms with Crippen LogP contribution in [0, 0.1) is 13.8 Å². The standard InChI is InChI=1S/C67H83BN2O/c1-39-32-53-56-54(33-39)70(57-41(3)34-44(62(7,8)9)36-47(57)42-20-25-48-50(35-42)65(14,15)29-28-64(48,12)13)52-38-49-46(40(2)26-27-63(49,10)11)37-51(52)68(56)60-58(55-59(71-60)67(18,19)31-30-66(55,16)17)69(53)45-23-21-43(22-24-45)61(4,5)6/h20-25,32-38,40H,26-31H2,1-19H3. The number of furan rings is 1. The molecule has 0 saturated heterocycles. The summed E-state index contributed by atoms with van der Waals surface area (Å²) in [5.41, 5.74) is 26.8. The Kier molecular flexibility index (Phi) is 10.4. The monoisotopic (exact) mass is 943 g/mol. The van der Waals surface area contributed by atoms with Crippen LogP contribution in [-0.2, 0) is 37.9 Å². The van der Waals surface area contributed by atoms with Gasteiger partial charge in [-0.05, 0) is 188 Å². The first kappa shape index (κ1) is 48.3. The largest absolute Gasteiger partial charge is 0.472 e. The van der Waals surface area contributed by atoms with Gasteiger partial charge in [0.05, 0.1) is 17.0 Å². The van der Waals surface area contributed by atoms with E-state index in [1.807, 2.05) is 0 Å². The van der Waals surface area contributed by atoms with Crippen LogP contribution in [0.15, 0.2) is 83.3 Å². The molecule has 0 bridgehead atoms. The minimum atomic E-state index is -0.105. The van der Waals surface area contributed by atoms with Crippen LogP contribution in [-0.4, -0.2) is 6.71 Å². The molecule has 3 aliphatic carbocycles. The van der Waals surface area contributed by atoms with Crippen LogP contribution < -0.4 is 26.4 Å². The molecule has 5 aromatic carbocycles. The molecule has 1 atom stereocenters. The first-order valence-corrected chi connectivity index (χ1v) is 27.4. The van der Waals surface area contributed by atoms with E-state index in [2.05, 4.69) is 220 Å². The second-order valence-corrected chi connectivity index (χ2v) is 28.7. The molecule has 370 valence electrons. The molecule has 0 N–H and O–H groups in total. The van der Waals surface area contributed by atoms with E-state index >= 15 is 0 Å². The Bertz CT molecular complexity index is 3190. The van der Waals surface area contributed by atoms with E-state index in [1.165, 1.54) is 138 Å². The molecule has 2 aliphatic heterocycles. The lowest BCUT2D eigenvalue weighted by Gasteiger charge is -2.46. The summed E-state index contributed by atoms with van der Waals surface area (Å²) in [6.07, 6.45) is 6.96. The van der Waals surface area contributed by atoms with Crippen LogP contribution in [0.1, 0.15) is 218 Å². The fourth-order valence-electron chi connectivity index (χ4n) is 13.9. The highest BCUT2D eigenvalue weighted by Crippen LogP contribution is 2.57. The lowest BCUT2D eigenvalue weighted by atomic mass is 9.35. The average Bonchev–Trinajstić information content (AvgIpc) is 3.70. The minimum Gasteiger partial charge on any atom is -0.472 e. The number of nitrogens with zero attached hydrogens (tertiary/aromatic N) is 2.